The lowest BCUT2D eigenvalue weighted by Gasteiger charge is -2.13. The molecule has 1 aromatic carbocycles. The summed E-state index contributed by atoms with van der Waals surface area (Å²) < 4.78 is 0. The quantitative estimate of drug-likeness (QED) is 0.623. The molecular weight excluding hydrogens is 290 g/mol. The summed E-state index contributed by atoms with van der Waals surface area (Å²) in [6, 6.07) is 4.32. The van der Waals surface area contributed by atoms with Crippen LogP contribution in [0.3, 0.4) is 0 Å². The van der Waals surface area contributed by atoms with Gasteiger partial charge in [0.05, 0.1) is 10.5 Å². The van der Waals surface area contributed by atoms with Crippen molar-refractivity contribution in [2.24, 2.45) is 5.92 Å². The van der Waals surface area contributed by atoms with Crippen molar-refractivity contribution in [2.45, 2.75) is 13.3 Å². The molecule has 21 heavy (non-hydrogen) atoms. The topological polar surface area (TPSA) is 84.3 Å². The zero-order valence-electron chi connectivity index (χ0n) is 11.9. The summed E-state index contributed by atoms with van der Waals surface area (Å²) in [5.41, 5.74) is 0.885. The SMILES string of the molecule is CCNc1ccc([N+](=O)[O-])cc1C(=O)NCC1CCSC1. The van der Waals surface area contributed by atoms with Gasteiger partial charge >= 0.3 is 0 Å². The molecule has 0 radical (unpaired) electrons. The van der Waals surface area contributed by atoms with E-state index in [1.165, 1.54) is 12.1 Å². The Bertz CT molecular complexity index is 530. The standard InChI is InChI=1S/C14H19N3O3S/c1-2-15-13-4-3-11(17(19)20)7-12(13)14(18)16-8-10-5-6-21-9-10/h3-4,7,10,15H,2,5-6,8-9H2,1H3,(H,16,18). The predicted molar refractivity (Wildman–Crippen MR) is 85.0 cm³/mol. The molecule has 1 saturated heterocycles. The molecule has 1 amide bonds. The van der Waals surface area contributed by atoms with Crippen LogP contribution in [0.25, 0.3) is 0 Å². The van der Waals surface area contributed by atoms with Crippen LogP contribution in [0.1, 0.15) is 23.7 Å². The van der Waals surface area contributed by atoms with Crippen molar-refractivity contribution < 1.29 is 9.72 Å². The van der Waals surface area contributed by atoms with Crippen molar-refractivity contribution in [3.63, 3.8) is 0 Å². The molecule has 7 heteroatoms. The van der Waals surface area contributed by atoms with E-state index in [0.717, 1.165) is 17.9 Å². The minimum atomic E-state index is -0.486. The Hall–Kier alpha value is -1.76. The van der Waals surface area contributed by atoms with Crippen molar-refractivity contribution in [3.05, 3.63) is 33.9 Å². The van der Waals surface area contributed by atoms with Gasteiger partial charge in [0, 0.05) is 30.9 Å². The highest BCUT2D eigenvalue weighted by Crippen LogP contribution is 2.24. The molecule has 1 unspecified atom stereocenters. The van der Waals surface area contributed by atoms with Crippen LogP contribution >= 0.6 is 11.8 Å². The van der Waals surface area contributed by atoms with Gasteiger partial charge in [-0.1, -0.05) is 0 Å². The lowest BCUT2D eigenvalue weighted by atomic mass is 10.1. The molecule has 0 spiro atoms. The molecule has 1 atom stereocenters. The summed E-state index contributed by atoms with van der Waals surface area (Å²) in [5.74, 6) is 2.45. The maximum Gasteiger partial charge on any atom is 0.270 e. The highest BCUT2D eigenvalue weighted by molar-refractivity contribution is 7.99. The Morgan fingerprint density at radius 2 is 2.33 bits per heavy atom. The molecule has 1 heterocycles. The number of thioether (sulfide) groups is 1. The van der Waals surface area contributed by atoms with E-state index in [-0.39, 0.29) is 11.6 Å². The van der Waals surface area contributed by atoms with E-state index in [2.05, 4.69) is 10.6 Å². The lowest BCUT2D eigenvalue weighted by Crippen LogP contribution is -2.30. The van der Waals surface area contributed by atoms with E-state index < -0.39 is 4.92 Å². The maximum atomic E-state index is 12.3. The first kappa shape index (κ1) is 15.6. The van der Waals surface area contributed by atoms with Crippen LogP contribution in [0.4, 0.5) is 11.4 Å². The lowest BCUT2D eigenvalue weighted by molar-refractivity contribution is -0.384. The third-order valence-corrected chi connectivity index (χ3v) is 4.63. The summed E-state index contributed by atoms with van der Waals surface area (Å²) in [6.45, 7) is 3.19. The number of anilines is 1. The van der Waals surface area contributed by atoms with E-state index in [9.17, 15) is 14.9 Å². The van der Waals surface area contributed by atoms with Gasteiger partial charge in [-0.25, -0.2) is 0 Å². The van der Waals surface area contributed by atoms with E-state index in [1.807, 2.05) is 18.7 Å². The number of benzene rings is 1. The van der Waals surface area contributed by atoms with E-state index in [4.69, 9.17) is 0 Å². The molecule has 0 aliphatic carbocycles. The number of nitro groups is 1. The van der Waals surface area contributed by atoms with Gasteiger partial charge < -0.3 is 10.6 Å². The van der Waals surface area contributed by atoms with Crippen molar-refractivity contribution in [1.29, 1.82) is 0 Å². The number of nitro benzene ring substituents is 1. The molecule has 6 nitrogen and oxygen atoms in total. The first-order valence-corrected chi connectivity index (χ1v) is 8.15. The number of rotatable bonds is 6. The van der Waals surface area contributed by atoms with Crippen LogP contribution < -0.4 is 10.6 Å². The summed E-state index contributed by atoms with van der Waals surface area (Å²) in [4.78, 5) is 22.7. The third kappa shape index (κ3) is 4.10. The summed E-state index contributed by atoms with van der Waals surface area (Å²) in [7, 11) is 0. The Morgan fingerprint density at radius 1 is 1.52 bits per heavy atom. The Kier molecular flexibility index (Phi) is 5.44. The van der Waals surface area contributed by atoms with E-state index in [0.29, 0.717) is 30.3 Å². The molecule has 1 fully saturated rings. The predicted octanol–water partition coefficient (Wildman–Crippen LogP) is 2.51. The number of carbonyl (C=O) groups excluding carboxylic acids is 1. The van der Waals surface area contributed by atoms with Crippen molar-refractivity contribution in [1.82, 2.24) is 5.32 Å². The van der Waals surface area contributed by atoms with Crippen molar-refractivity contribution in [3.8, 4) is 0 Å². The second kappa shape index (κ2) is 7.31. The maximum absolute atomic E-state index is 12.3. The van der Waals surface area contributed by atoms with Crippen LogP contribution in [0, 0.1) is 16.0 Å². The van der Waals surface area contributed by atoms with Crippen LogP contribution in [-0.4, -0.2) is 35.4 Å². The Balaban J connectivity index is 2.11. The fourth-order valence-electron chi connectivity index (χ4n) is 2.25. The van der Waals surface area contributed by atoms with Crippen LogP contribution in [0.2, 0.25) is 0 Å². The van der Waals surface area contributed by atoms with Gasteiger partial charge in [-0.2, -0.15) is 11.8 Å². The third-order valence-electron chi connectivity index (χ3n) is 3.40. The molecule has 0 aromatic heterocycles. The van der Waals surface area contributed by atoms with Crippen LogP contribution in [-0.2, 0) is 0 Å². The Labute approximate surface area is 127 Å². The van der Waals surface area contributed by atoms with Gasteiger partial charge in [0.2, 0.25) is 0 Å². The average Bonchev–Trinajstić information content (AvgIpc) is 2.98. The molecule has 0 saturated carbocycles. The molecule has 1 aromatic rings. The minimum absolute atomic E-state index is 0.0711. The van der Waals surface area contributed by atoms with Crippen molar-refractivity contribution >= 4 is 29.0 Å². The highest BCUT2D eigenvalue weighted by atomic mass is 32.2. The zero-order valence-corrected chi connectivity index (χ0v) is 12.7. The Morgan fingerprint density at radius 3 is 2.95 bits per heavy atom. The minimum Gasteiger partial charge on any atom is -0.385 e. The van der Waals surface area contributed by atoms with Crippen LogP contribution in [0.5, 0.6) is 0 Å². The monoisotopic (exact) mass is 309 g/mol. The smallest absolute Gasteiger partial charge is 0.270 e. The fourth-order valence-corrected chi connectivity index (χ4v) is 3.54. The van der Waals surface area contributed by atoms with Gasteiger partial charge in [-0.15, -0.1) is 0 Å². The summed E-state index contributed by atoms with van der Waals surface area (Å²) >= 11 is 1.89. The molecule has 1 aliphatic rings. The largest absolute Gasteiger partial charge is 0.385 e. The van der Waals surface area contributed by atoms with Crippen molar-refractivity contribution in [2.75, 3.05) is 29.9 Å². The molecule has 1 aliphatic heterocycles. The fraction of sp³-hybridized carbons (Fsp3) is 0.500. The first-order valence-electron chi connectivity index (χ1n) is 7.00. The second-order valence-electron chi connectivity index (χ2n) is 4.96. The molecule has 114 valence electrons. The number of carbonyl (C=O) groups is 1. The van der Waals surface area contributed by atoms with Crippen LogP contribution in [0.15, 0.2) is 18.2 Å². The molecular formula is C14H19N3O3S. The number of amides is 1. The number of hydrogen-bond acceptors (Lipinski definition) is 5. The van der Waals surface area contributed by atoms with Gasteiger partial charge in [0.15, 0.2) is 0 Å². The number of nitrogens with zero attached hydrogens (tertiary/aromatic N) is 1. The zero-order chi connectivity index (χ0) is 15.2. The van der Waals surface area contributed by atoms with Gasteiger partial charge in [0.1, 0.15) is 0 Å². The van der Waals surface area contributed by atoms with E-state index in [1.54, 1.807) is 6.07 Å². The molecule has 2 N–H and O–H groups in total. The number of non-ortho nitro benzene ring substituents is 1. The average molecular weight is 309 g/mol. The highest BCUT2D eigenvalue weighted by Gasteiger charge is 2.19. The molecule has 0 bridgehead atoms. The molecule has 2 rings (SSSR count). The second-order valence-corrected chi connectivity index (χ2v) is 6.11. The summed E-state index contributed by atoms with van der Waals surface area (Å²) in [5, 5.41) is 16.8. The first-order chi connectivity index (χ1) is 10.1. The normalized spacial score (nSPS) is 17.5. The number of nitrogens with one attached hydrogen (secondary N) is 2. The number of hydrogen-bond donors (Lipinski definition) is 2. The van der Waals surface area contributed by atoms with Gasteiger partial charge in [0.25, 0.3) is 11.6 Å². The summed E-state index contributed by atoms with van der Waals surface area (Å²) in [6.07, 6.45) is 1.11. The van der Waals surface area contributed by atoms with Gasteiger partial charge in [-0.05, 0) is 36.8 Å². The van der Waals surface area contributed by atoms with Gasteiger partial charge in [-0.3, -0.25) is 14.9 Å². The van der Waals surface area contributed by atoms with E-state index >= 15 is 0 Å².